The van der Waals surface area contributed by atoms with Crippen LogP contribution in [-0.4, -0.2) is 16.8 Å². The maximum Gasteiger partial charge on any atom is 0.220 e. The van der Waals surface area contributed by atoms with Gasteiger partial charge < -0.3 is 5.32 Å². The number of halogens is 1. The third kappa shape index (κ3) is 6.65. The van der Waals surface area contributed by atoms with Crippen LogP contribution in [0.3, 0.4) is 0 Å². The lowest BCUT2D eigenvalue weighted by atomic mass is 10.2. The van der Waals surface area contributed by atoms with Crippen molar-refractivity contribution in [3.8, 4) is 0 Å². The number of alkyl halides is 1. The molecule has 1 amide bonds. The average Bonchev–Trinajstić information content (AvgIpc) is 1.84. The molecule has 0 radical (unpaired) electrons. The number of amides is 1. The van der Waals surface area contributed by atoms with Crippen LogP contribution in [0.5, 0.6) is 0 Å². The van der Waals surface area contributed by atoms with Crippen molar-refractivity contribution in [2.45, 2.75) is 50.9 Å². The minimum atomic E-state index is 0.165. The van der Waals surface area contributed by atoms with Crippen LogP contribution in [0.2, 0.25) is 0 Å². The van der Waals surface area contributed by atoms with Gasteiger partial charge in [0.2, 0.25) is 5.91 Å². The highest BCUT2D eigenvalue weighted by Gasteiger charge is 2.08. The molecule has 0 aromatic heterocycles. The Bertz CT molecular complexity index is 136. The Labute approximate surface area is 83.2 Å². The summed E-state index contributed by atoms with van der Waals surface area (Å²) in [6.07, 6.45) is 2.54. The van der Waals surface area contributed by atoms with Gasteiger partial charge in [0.25, 0.3) is 0 Å². The predicted octanol–water partition coefficient (Wildman–Crippen LogP) is 2.46. The van der Waals surface area contributed by atoms with E-state index in [0.29, 0.717) is 11.2 Å². The normalized spacial score (nSPS) is 15.3. The summed E-state index contributed by atoms with van der Waals surface area (Å²) in [5.74, 6) is 0.165. The van der Waals surface area contributed by atoms with Crippen molar-refractivity contribution in [1.82, 2.24) is 5.32 Å². The number of rotatable bonds is 5. The topological polar surface area (TPSA) is 29.1 Å². The van der Waals surface area contributed by atoms with Gasteiger partial charge in [0.05, 0.1) is 0 Å². The van der Waals surface area contributed by atoms with E-state index in [-0.39, 0.29) is 11.9 Å². The van der Waals surface area contributed by atoms with E-state index in [1.807, 2.05) is 13.8 Å². The number of carbonyl (C=O) groups is 1. The molecule has 0 aliphatic rings. The predicted molar refractivity (Wildman–Crippen MR) is 55.5 cm³/mol. The smallest absolute Gasteiger partial charge is 0.220 e. The van der Waals surface area contributed by atoms with Crippen molar-refractivity contribution < 1.29 is 4.79 Å². The van der Waals surface area contributed by atoms with Crippen LogP contribution in [0, 0.1) is 0 Å². The van der Waals surface area contributed by atoms with Crippen molar-refractivity contribution in [1.29, 1.82) is 0 Å². The second-order valence-corrected chi connectivity index (χ2v) is 4.80. The molecule has 0 spiro atoms. The Hall–Kier alpha value is -0.0500. The van der Waals surface area contributed by atoms with Crippen LogP contribution in [0.4, 0.5) is 0 Å². The lowest BCUT2D eigenvalue weighted by Gasteiger charge is -2.14. The van der Waals surface area contributed by atoms with Crippen molar-refractivity contribution in [3.05, 3.63) is 0 Å². The summed E-state index contributed by atoms with van der Waals surface area (Å²) in [4.78, 5) is 11.6. The van der Waals surface area contributed by atoms with E-state index in [0.717, 1.165) is 12.8 Å². The minimum Gasteiger partial charge on any atom is -0.354 e. The Balaban J connectivity index is 3.54. The molecule has 2 unspecified atom stereocenters. The first-order valence-corrected chi connectivity index (χ1v) is 5.41. The summed E-state index contributed by atoms with van der Waals surface area (Å²) in [5.41, 5.74) is 0. The van der Waals surface area contributed by atoms with E-state index in [9.17, 15) is 4.79 Å². The molecule has 0 rings (SSSR count). The van der Waals surface area contributed by atoms with Crippen molar-refractivity contribution in [2.75, 3.05) is 0 Å². The zero-order valence-corrected chi connectivity index (χ0v) is 9.65. The third-order valence-electron chi connectivity index (χ3n) is 1.56. The zero-order chi connectivity index (χ0) is 9.56. The van der Waals surface area contributed by atoms with Crippen LogP contribution in [0.25, 0.3) is 0 Å². The minimum absolute atomic E-state index is 0.165. The van der Waals surface area contributed by atoms with Gasteiger partial charge >= 0.3 is 0 Å². The fraction of sp³-hybridized carbons (Fsp3) is 0.889. The number of hydrogen-bond acceptors (Lipinski definition) is 1. The monoisotopic (exact) mass is 235 g/mol. The highest BCUT2D eigenvalue weighted by molar-refractivity contribution is 9.09. The lowest BCUT2D eigenvalue weighted by molar-refractivity contribution is -0.121. The summed E-state index contributed by atoms with van der Waals surface area (Å²) in [6, 6.07) is 0.276. The van der Waals surface area contributed by atoms with Gasteiger partial charge in [0.15, 0.2) is 0 Å². The number of nitrogens with one attached hydrogen (secondary N) is 1. The first-order chi connectivity index (χ1) is 5.56. The molecule has 0 aliphatic carbocycles. The third-order valence-corrected chi connectivity index (χ3v) is 1.94. The molecule has 0 aromatic carbocycles. The second kappa shape index (κ2) is 6.46. The fourth-order valence-electron chi connectivity index (χ4n) is 1.12. The van der Waals surface area contributed by atoms with Gasteiger partial charge in [-0.15, -0.1) is 0 Å². The van der Waals surface area contributed by atoms with E-state index < -0.39 is 0 Å². The highest BCUT2D eigenvalue weighted by atomic mass is 79.9. The van der Waals surface area contributed by atoms with Gasteiger partial charge in [-0.1, -0.05) is 29.8 Å². The van der Waals surface area contributed by atoms with Gasteiger partial charge in [0, 0.05) is 17.3 Å². The highest BCUT2D eigenvalue weighted by Crippen LogP contribution is 2.06. The van der Waals surface area contributed by atoms with Gasteiger partial charge in [-0.25, -0.2) is 0 Å². The standard InChI is InChI=1S/C9H18BrNO/c1-4-5-9(12)11-8(3)6-7(2)10/h7-8H,4-6H2,1-3H3,(H,11,12). The molecule has 2 atom stereocenters. The molecule has 0 aliphatic heterocycles. The molecule has 0 heterocycles. The van der Waals surface area contributed by atoms with Crippen LogP contribution < -0.4 is 5.32 Å². The molecule has 1 N–H and O–H groups in total. The molecule has 0 saturated heterocycles. The summed E-state index contributed by atoms with van der Waals surface area (Å²) in [7, 11) is 0. The van der Waals surface area contributed by atoms with Gasteiger partial charge in [0.1, 0.15) is 0 Å². The molecule has 0 bridgehead atoms. The molecule has 72 valence electrons. The number of hydrogen-bond donors (Lipinski definition) is 1. The van der Waals surface area contributed by atoms with E-state index in [1.54, 1.807) is 0 Å². The second-order valence-electron chi connectivity index (χ2n) is 3.24. The Kier molecular flexibility index (Phi) is 6.44. The molecule has 0 aromatic rings. The van der Waals surface area contributed by atoms with E-state index >= 15 is 0 Å². The van der Waals surface area contributed by atoms with Crippen molar-refractivity contribution in [3.63, 3.8) is 0 Å². The zero-order valence-electron chi connectivity index (χ0n) is 8.06. The first-order valence-electron chi connectivity index (χ1n) is 4.49. The maximum absolute atomic E-state index is 11.1. The van der Waals surface area contributed by atoms with Crippen molar-refractivity contribution >= 4 is 21.8 Å². The Morgan fingerprint density at radius 2 is 2.08 bits per heavy atom. The van der Waals surface area contributed by atoms with Crippen LogP contribution in [-0.2, 0) is 4.79 Å². The maximum atomic E-state index is 11.1. The molecule has 3 heteroatoms. The van der Waals surface area contributed by atoms with Crippen LogP contribution in [0.15, 0.2) is 0 Å². The van der Waals surface area contributed by atoms with Crippen LogP contribution in [0.1, 0.15) is 40.0 Å². The Morgan fingerprint density at radius 1 is 1.50 bits per heavy atom. The molecule has 2 nitrogen and oxygen atoms in total. The molecular weight excluding hydrogens is 218 g/mol. The Morgan fingerprint density at radius 3 is 2.50 bits per heavy atom. The largest absolute Gasteiger partial charge is 0.354 e. The first kappa shape index (κ1) is 11.9. The SMILES string of the molecule is CCCC(=O)NC(C)CC(C)Br. The van der Waals surface area contributed by atoms with Gasteiger partial charge in [-0.2, -0.15) is 0 Å². The fourth-order valence-corrected chi connectivity index (χ4v) is 1.68. The average molecular weight is 236 g/mol. The molecule has 0 saturated carbocycles. The summed E-state index contributed by atoms with van der Waals surface area (Å²) in [6.45, 7) is 6.13. The number of carbonyl (C=O) groups excluding carboxylic acids is 1. The summed E-state index contributed by atoms with van der Waals surface area (Å²) >= 11 is 3.45. The van der Waals surface area contributed by atoms with Crippen molar-refractivity contribution in [2.24, 2.45) is 0 Å². The van der Waals surface area contributed by atoms with E-state index in [1.165, 1.54) is 0 Å². The quantitative estimate of drug-likeness (QED) is 0.730. The summed E-state index contributed by atoms with van der Waals surface area (Å²) < 4.78 is 0. The van der Waals surface area contributed by atoms with E-state index in [2.05, 4.69) is 28.2 Å². The molecular formula is C9H18BrNO. The summed E-state index contributed by atoms with van der Waals surface area (Å²) in [5, 5.41) is 2.94. The van der Waals surface area contributed by atoms with E-state index in [4.69, 9.17) is 0 Å². The van der Waals surface area contributed by atoms with Crippen LogP contribution >= 0.6 is 15.9 Å². The lowest BCUT2D eigenvalue weighted by Crippen LogP contribution is -2.33. The molecule has 12 heavy (non-hydrogen) atoms. The van der Waals surface area contributed by atoms with Gasteiger partial charge in [-0.3, -0.25) is 4.79 Å². The molecule has 0 fully saturated rings. The van der Waals surface area contributed by atoms with Gasteiger partial charge in [-0.05, 0) is 19.8 Å².